The van der Waals surface area contributed by atoms with Crippen LogP contribution in [0.1, 0.15) is 71.6 Å². The summed E-state index contributed by atoms with van der Waals surface area (Å²) in [7, 11) is -3.25. The molecule has 0 heterocycles. The summed E-state index contributed by atoms with van der Waals surface area (Å²) in [6.45, 7) is 4.62. The molecule has 0 radical (unpaired) electrons. The number of rotatable bonds is 12. The smallest absolute Gasteiger partial charge is 0.267 e. The molecule has 0 amide bonds. The van der Waals surface area contributed by atoms with Crippen LogP contribution in [0.15, 0.2) is 0 Å². The van der Waals surface area contributed by atoms with Crippen LogP contribution >= 0.6 is 0 Å². The first-order valence-corrected chi connectivity index (χ1v) is 8.57. The molecule has 17 heavy (non-hydrogen) atoms. The Morgan fingerprint density at radius 1 is 0.765 bits per heavy atom. The summed E-state index contributed by atoms with van der Waals surface area (Å²) in [6, 6.07) is 0. The lowest BCUT2D eigenvalue weighted by molar-refractivity contribution is 0.307. The average molecular weight is 264 g/mol. The molecule has 3 nitrogen and oxygen atoms in total. The summed E-state index contributed by atoms with van der Waals surface area (Å²) in [6.07, 6.45) is 9.52. The lowest BCUT2D eigenvalue weighted by Crippen LogP contribution is -2.11. The molecule has 0 aliphatic rings. The highest BCUT2D eigenvalue weighted by Gasteiger charge is 2.09. The van der Waals surface area contributed by atoms with Crippen LogP contribution in [0.2, 0.25) is 0 Å². The first-order chi connectivity index (χ1) is 8.12. The van der Waals surface area contributed by atoms with Gasteiger partial charge in [-0.05, 0) is 12.8 Å². The Balaban J connectivity index is 3.44. The maximum atomic E-state index is 11.5. The van der Waals surface area contributed by atoms with Crippen LogP contribution in [0.5, 0.6) is 0 Å². The van der Waals surface area contributed by atoms with E-state index in [-0.39, 0.29) is 5.75 Å². The predicted octanol–water partition coefficient (Wildman–Crippen LogP) is 3.88. The van der Waals surface area contributed by atoms with Crippen LogP contribution in [-0.4, -0.2) is 20.8 Å². The molecule has 0 aromatic heterocycles. The molecule has 0 fully saturated rings. The lowest BCUT2D eigenvalue weighted by Gasteiger charge is -2.05. The number of hydrogen-bond donors (Lipinski definition) is 0. The molecule has 0 aliphatic heterocycles. The molecule has 0 bridgehead atoms. The summed E-state index contributed by atoms with van der Waals surface area (Å²) >= 11 is 0. The van der Waals surface area contributed by atoms with Gasteiger partial charge in [-0.2, -0.15) is 8.42 Å². The molecule has 0 atom stereocenters. The molecule has 104 valence electrons. The standard InChI is InChI=1S/C13H28O3S/c1-3-5-7-8-9-11-13-17(14,15)16-12-10-6-4-2/h3-13H2,1-2H3. The van der Waals surface area contributed by atoms with Crippen LogP contribution in [-0.2, 0) is 14.3 Å². The van der Waals surface area contributed by atoms with Crippen molar-refractivity contribution in [2.24, 2.45) is 0 Å². The van der Waals surface area contributed by atoms with Gasteiger partial charge in [0.2, 0.25) is 0 Å². The number of unbranched alkanes of at least 4 members (excludes halogenated alkanes) is 7. The van der Waals surface area contributed by atoms with Gasteiger partial charge in [0.15, 0.2) is 0 Å². The van der Waals surface area contributed by atoms with Crippen molar-refractivity contribution >= 4 is 10.1 Å². The zero-order valence-electron chi connectivity index (χ0n) is 11.4. The fourth-order valence-corrected chi connectivity index (χ4v) is 2.70. The van der Waals surface area contributed by atoms with Gasteiger partial charge in [0.25, 0.3) is 10.1 Å². The van der Waals surface area contributed by atoms with Gasteiger partial charge in [-0.15, -0.1) is 0 Å². The van der Waals surface area contributed by atoms with E-state index < -0.39 is 10.1 Å². The van der Waals surface area contributed by atoms with E-state index in [1.54, 1.807) is 0 Å². The molecule has 4 heteroatoms. The molecule has 0 N–H and O–H groups in total. The van der Waals surface area contributed by atoms with Crippen LogP contribution in [0.25, 0.3) is 0 Å². The molecule has 0 aliphatic carbocycles. The van der Waals surface area contributed by atoms with E-state index >= 15 is 0 Å². The molecular weight excluding hydrogens is 236 g/mol. The van der Waals surface area contributed by atoms with E-state index in [0.717, 1.165) is 38.5 Å². The molecule has 0 aromatic rings. The first kappa shape index (κ1) is 16.9. The summed E-state index contributed by atoms with van der Waals surface area (Å²) in [5, 5.41) is 0. The molecule has 0 aromatic carbocycles. The van der Waals surface area contributed by atoms with Gasteiger partial charge in [0.05, 0.1) is 12.4 Å². The predicted molar refractivity (Wildman–Crippen MR) is 72.6 cm³/mol. The molecular formula is C13H28O3S. The highest BCUT2D eigenvalue weighted by Crippen LogP contribution is 2.07. The second kappa shape index (κ2) is 11.0. The maximum absolute atomic E-state index is 11.5. The average Bonchev–Trinajstić information content (AvgIpc) is 2.29. The van der Waals surface area contributed by atoms with Crippen LogP contribution in [0.3, 0.4) is 0 Å². The highest BCUT2D eigenvalue weighted by molar-refractivity contribution is 7.86. The minimum Gasteiger partial charge on any atom is -0.270 e. The van der Waals surface area contributed by atoms with Crippen molar-refractivity contribution in [3.63, 3.8) is 0 Å². The van der Waals surface area contributed by atoms with Gasteiger partial charge in [-0.25, -0.2) is 0 Å². The van der Waals surface area contributed by atoms with E-state index in [0.29, 0.717) is 6.61 Å². The SMILES string of the molecule is CCCCCCCCS(=O)(=O)OCCCCC. The molecule has 0 saturated heterocycles. The fraction of sp³-hybridized carbons (Fsp3) is 1.00. The third kappa shape index (κ3) is 12.2. The van der Waals surface area contributed by atoms with Crippen LogP contribution < -0.4 is 0 Å². The zero-order chi connectivity index (χ0) is 13.0. The van der Waals surface area contributed by atoms with Crippen molar-refractivity contribution in [2.45, 2.75) is 71.6 Å². The van der Waals surface area contributed by atoms with Crippen LogP contribution in [0, 0.1) is 0 Å². The molecule has 0 unspecified atom stereocenters. The van der Waals surface area contributed by atoms with Crippen molar-refractivity contribution < 1.29 is 12.6 Å². The Bertz CT molecular complexity index is 247. The van der Waals surface area contributed by atoms with Gasteiger partial charge in [0, 0.05) is 0 Å². The second-order valence-electron chi connectivity index (χ2n) is 4.56. The van der Waals surface area contributed by atoms with Crippen molar-refractivity contribution in [1.82, 2.24) is 0 Å². The van der Waals surface area contributed by atoms with Gasteiger partial charge in [0.1, 0.15) is 0 Å². The quantitative estimate of drug-likeness (QED) is 0.397. The summed E-state index contributed by atoms with van der Waals surface area (Å²) in [5.41, 5.74) is 0. The number of hydrogen-bond acceptors (Lipinski definition) is 3. The molecule has 0 rings (SSSR count). The third-order valence-electron chi connectivity index (χ3n) is 2.76. The zero-order valence-corrected chi connectivity index (χ0v) is 12.2. The third-order valence-corrected chi connectivity index (χ3v) is 4.07. The van der Waals surface area contributed by atoms with Gasteiger partial charge >= 0.3 is 0 Å². The Morgan fingerprint density at radius 2 is 1.29 bits per heavy atom. The second-order valence-corrected chi connectivity index (χ2v) is 6.32. The fourth-order valence-electron chi connectivity index (χ4n) is 1.66. The minimum absolute atomic E-state index is 0.186. The Hall–Kier alpha value is -0.0900. The topological polar surface area (TPSA) is 43.4 Å². The van der Waals surface area contributed by atoms with Gasteiger partial charge in [-0.1, -0.05) is 58.8 Å². The van der Waals surface area contributed by atoms with E-state index in [9.17, 15) is 8.42 Å². The monoisotopic (exact) mass is 264 g/mol. The van der Waals surface area contributed by atoms with E-state index in [2.05, 4.69) is 13.8 Å². The largest absolute Gasteiger partial charge is 0.270 e. The van der Waals surface area contributed by atoms with E-state index in [4.69, 9.17) is 4.18 Å². The van der Waals surface area contributed by atoms with E-state index in [1.165, 1.54) is 19.3 Å². The van der Waals surface area contributed by atoms with Crippen molar-refractivity contribution in [2.75, 3.05) is 12.4 Å². The molecule has 0 spiro atoms. The normalized spacial score (nSPS) is 11.9. The molecule has 0 saturated carbocycles. The summed E-state index contributed by atoms with van der Waals surface area (Å²) in [5.74, 6) is 0.186. The summed E-state index contributed by atoms with van der Waals surface area (Å²) < 4.78 is 27.9. The maximum Gasteiger partial charge on any atom is 0.267 e. The van der Waals surface area contributed by atoms with Crippen molar-refractivity contribution in [1.29, 1.82) is 0 Å². The Morgan fingerprint density at radius 3 is 1.94 bits per heavy atom. The van der Waals surface area contributed by atoms with Crippen molar-refractivity contribution in [3.8, 4) is 0 Å². The summed E-state index contributed by atoms with van der Waals surface area (Å²) in [4.78, 5) is 0. The van der Waals surface area contributed by atoms with Crippen molar-refractivity contribution in [3.05, 3.63) is 0 Å². The van der Waals surface area contributed by atoms with Gasteiger partial charge < -0.3 is 0 Å². The Labute approximate surface area is 107 Å². The minimum atomic E-state index is -3.25. The Kier molecular flexibility index (Phi) is 11.0. The highest BCUT2D eigenvalue weighted by atomic mass is 32.2. The van der Waals surface area contributed by atoms with Gasteiger partial charge in [-0.3, -0.25) is 4.18 Å². The van der Waals surface area contributed by atoms with Crippen LogP contribution in [0.4, 0.5) is 0 Å². The van der Waals surface area contributed by atoms with E-state index in [1.807, 2.05) is 0 Å². The lowest BCUT2D eigenvalue weighted by atomic mass is 10.1. The first-order valence-electron chi connectivity index (χ1n) is 6.99.